The second-order valence-corrected chi connectivity index (χ2v) is 6.23. The summed E-state index contributed by atoms with van der Waals surface area (Å²) >= 11 is 0. The summed E-state index contributed by atoms with van der Waals surface area (Å²) in [6.07, 6.45) is 3.76. The minimum absolute atomic E-state index is 0.882. The molecular formula is C20H14N4. The van der Waals surface area contributed by atoms with Crippen molar-refractivity contribution in [2.45, 2.75) is 13.8 Å². The minimum atomic E-state index is 0.882. The summed E-state index contributed by atoms with van der Waals surface area (Å²) < 4.78 is 0. The molecule has 3 heterocycles. The van der Waals surface area contributed by atoms with Crippen molar-refractivity contribution in [1.29, 1.82) is 0 Å². The Balaban J connectivity index is 2.15. The van der Waals surface area contributed by atoms with Gasteiger partial charge in [-0.3, -0.25) is 9.97 Å². The molecule has 5 rings (SSSR count). The number of hydrogen-bond acceptors (Lipinski definition) is 4. The molecule has 4 nitrogen and oxygen atoms in total. The highest BCUT2D eigenvalue weighted by atomic mass is 14.8. The molecule has 0 bridgehead atoms. The lowest BCUT2D eigenvalue weighted by Gasteiger charge is -2.10. The van der Waals surface area contributed by atoms with Gasteiger partial charge in [-0.2, -0.15) is 0 Å². The van der Waals surface area contributed by atoms with Gasteiger partial charge in [0.25, 0.3) is 0 Å². The van der Waals surface area contributed by atoms with Crippen LogP contribution in [0.5, 0.6) is 0 Å². The Morgan fingerprint density at radius 3 is 1.54 bits per heavy atom. The number of benzene rings is 2. The van der Waals surface area contributed by atoms with Crippen molar-refractivity contribution < 1.29 is 0 Å². The molecule has 0 aliphatic heterocycles. The Morgan fingerprint density at radius 2 is 1.08 bits per heavy atom. The third kappa shape index (κ3) is 1.80. The van der Waals surface area contributed by atoms with Gasteiger partial charge in [0.1, 0.15) is 0 Å². The summed E-state index contributed by atoms with van der Waals surface area (Å²) in [5.41, 5.74) is 7.54. The number of fused-ring (bicyclic) bond motifs is 7. The van der Waals surface area contributed by atoms with E-state index in [4.69, 9.17) is 9.97 Å². The highest BCUT2D eigenvalue weighted by Gasteiger charge is 2.14. The van der Waals surface area contributed by atoms with Crippen LogP contribution in [0, 0.1) is 13.8 Å². The number of hydrogen-bond donors (Lipinski definition) is 0. The zero-order valence-corrected chi connectivity index (χ0v) is 13.4. The van der Waals surface area contributed by atoms with E-state index in [1.54, 1.807) is 0 Å². The van der Waals surface area contributed by atoms with Gasteiger partial charge >= 0.3 is 0 Å². The average molecular weight is 310 g/mol. The number of aromatic nitrogens is 4. The third-order valence-corrected chi connectivity index (χ3v) is 4.35. The molecule has 3 aromatic heterocycles. The number of rotatable bonds is 0. The van der Waals surface area contributed by atoms with E-state index in [0.717, 1.165) is 55.0 Å². The van der Waals surface area contributed by atoms with E-state index < -0.39 is 0 Å². The summed E-state index contributed by atoms with van der Waals surface area (Å²) in [7, 11) is 0. The van der Waals surface area contributed by atoms with E-state index in [1.807, 2.05) is 50.5 Å². The van der Waals surface area contributed by atoms with Crippen molar-refractivity contribution in [2.24, 2.45) is 0 Å². The van der Waals surface area contributed by atoms with Crippen LogP contribution in [0.15, 0.2) is 48.8 Å². The smallest absolute Gasteiger partial charge is 0.0996 e. The van der Waals surface area contributed by atoms with E-state index in [1.165, 1.54) is 0 Å². The Bertz CT molecular complexity index is 1180. The first-order valence-corrected chi connectivity index (χ1v) is 7.92. The highest BCUT2D eigenvalue weighted by Crippen LogP contribution is 2.32. The SMILES string of the molecule is Cc1cnc2c(c1)c1nc3ccccc3nc1c1cc(C)cnc12. The first-order valence-electron chi connectivity index (χ1n) is 7.92. The Hall–Kier alpha value is -3.14. The predicted molar refractivity (Wildman–Crippen MR) is 97.1 cm³/mol. The van der Waals surface area contributed by atoms with Crippen LogP contribution in [0.2, 0.25) is 0 Å². The van der Waals surface area contributed by atoms with Crippen LogP contribution in [0.1, 0.15) is 11.1 Å². The molecule has 114 valence electrons. The summed E-state index contributed by atoms with van der Waals surface area (Å²) in [6, 6.07) is 12.2. The van der Waals surface area contributed by atoms with Gasteiger partial charge in [0.05, 0.1) is 33.1 Å². The maximum atomic E-state index is 4.90. The molecule has 0 aliphatic rings. The van der Waals surface area contributed by atoms with Crippen LogP contribution in [0.25, 0.3) is 43.9 Å². The maximum Gasteiger partial charge on any atom is 0.0996 e. The molecule has 0 saturated heterocycles. The standard InChI is InChI=1S/C20H14N4/c1-11-7-13-17(21-9-11)18-14(8-12(2)10-22-18)20-19(13)23-15-5-3-4-6-16(15)24-20/h3-10H,1-2H3. The Labute approximate surface area is 138 Å². The Morgan fingerprint density at radius 1 is 0.625 bits per heavy atom. The van der Waals surface area contributed by atoms with Gasteiger partial charge in [-0.1, -0.05) is 12.1 Å². The molecule has 0 spiro atoms. The van der Waals surface area contributed by atoms with Crippen molar-refractivity contribution in [3.05, 3.63) is 59.9 Å². The summed E-state index contributed by atoms with van der Waals surface area (Å²) in [5, 5.41) is 2.01. The zero-order valence-electron chi connectivity index (χ0n) is 13.4. The van der Waals surface area contributed by atoms with Crippen molar-refractivity contribution in [1.82, 2.24) is 19.9 Å². The van der Waals surface area contributed by atoms with Crippen LogP contribution < -0.4 is 0 Å². The fraction of sp³-hybridized carbons (Fsp3) is 0.100. The van der Waals surface area contributed by atoms with Crippen LogP contribution in [0.4, 0.5) is 0 Å². The van der Waals surface area contributed by atoms with Gasteiger partial charge in [0.2, 0.25) is 0 Å². The molecule has 0 aliphatic carbocycles. The van der Waals surface area contributed by atoms with Gasteiger partial charge < -0.3 is 0 Å². The van der Waals surface area contributed by atoms with E-state index in [2.05, 4.69) is 22.1 Å². The second-order valence-electron chi connectivity index (χ2n) is 6.23. The third-order valence-electron chi connectivity index (χ3n) is 4.35. The van der Waals surface area contributed by atoms with E-state index >= 15 is 0 Å². The normalized spacial score (nSPS) is 11.8. The van der Waals surface area contributed by atoms with Gasteiger partial charge in [0.15, 0.2) is 0 Å². The molecule has 24 heavy (non-hydrogen) atoms. The number of para-hydroxylation sites is 2. The first-order chi connectivity index (χ1) is 11.7. The summed E-state index contributed by atoms with van der Waals surface area (Å²) in [6.45, 7) is 4.08. The lowest BCUT2D eigenvalue weighted by molar-refractivity contribution is 1.30. The Kier molecular flexibility index (Phi) is 2.59. The lowest BCUT2D eigenvalue weighted by Crippen LogP contribution is -1.95. The number of pyridine rings is 2. The molecule has 2 aromatic carbocycles. The fourth-order valence-electron chi connectivity index (χ4n) is 3.25. The molecule has 0 saturated carbocycles. The fourth-order valence-corrected chi connectivity index (χ4v) is 3.25. The van der Waals surface area contributed by atoms with Crippen molar-refractivity contribution in [2.75, 3.05) is 0 Å². The van der Waals surface area contributed by atoms with E-state index in [0.29, 0.717) is 0 Å². The van der Waals surface area contributed by atoms with Gasteiger partial charge in [-0.05, 0) is 49.2 Å². The van der Waals surface area contributed by atoms with Gasteiger partial charge in [-0.25, -0.2) is 9.97 Å². The minimum Gasteiger partial charge on any atom is -0.254 e. The summed E-state index contributed by atoms with van der Waals surface area (Å²) in [4.78, 5) is 19.1. The molecule has 5 aromatic rings. The molecule has 0 radical (unpaired) electrons. The maximum absolute atomic E-state index is 4.90. The molecule has 0 N–H and O–H groups in total. The molecule has 0 unspecified atom stereocenters. The highest BCUT2D eigenvalue weighted by molar-refractivity contribution is 6.21. The average Bonchev–Trinajstić information content (AvgIpc) is 2.60. The monoisotopic (exact) mass is 310 g/mol. The molecule has 0 fully saturated rings. The summed E-state index contributed by atoms with van der Waals surface area (Å²) in [5.74, 6) is 0. The number of aryl methyl sites for hydroxylation is 2. The van der Waals surface area contributed by atoms with Gasteiger partial charge in [-0.15, -0.1) is 0 Å². The van der Waals surface area contributed by atoms with Crippen LogP contribution in [0.3, 0.4) is 0 Å². The molecule has 4 heteroatoms. The van der Waals surface area contributed by atoms with Crippen LogP contribution in [-0.2, 0) is 0 Å². The predicted octanol–water partition coefficient (Wildman–Crippen LogP) is 4.50. The van der Waals surface area contributed by atoms with Crippen molar-refractivity contribution in [3.8, 4) is 0 Å². The van der Waals surface area contributed by atoms with Gasteiger partial charge in [0, 0.05) is 23.2 Å². The zero-order chi connectivity index (χ0) is 16.3. The molecule has 0 atom stereocenters. The second kappa shape index (κ2) is 4.68. The number of nitrogens with zero attached hydrogens (tertiary/aromatic N) is 4. The van der Waals surface area contributed by atoms with Crippen LogP contribution in [-0.4, -0.2) is 19.9 Å². The van der Waals surface area contributed by atoms with E-state index in [9.17, 15) is 0 Å². The van der Waals surface area contributed by atoms with Crippen LogP contribution >= 0.6 is 0 Å². The van der Waals surface area contributed by atoms with E-state index in [-0.39, 0.29) is 0 Å². The quantitative estimate of drug-likeness (QED) is 0.312. The van der Waals surface area contributed by atoms with Crippen molar-refractivity contribution >= 4 is 43.9 Å². The lowest BCUT2D eigenvalue weighted by atomic mass is 10.0. The molecule has 0 amide bonds. The largest absolute Gasteiger partial charge is 0.254 e. The molecular weight excluding hydrogens is 296 g/mol. The topological polar surface area (TPSA) is 51.6 Å². The van der Waals surface area contributed by atoms with Crippen molar-refractivity contribution in [3.63, 3.8) is 0 Å². The first kappa shape index (κ1) is 13.3.